The maximum absolute atomic E-state index is 13.1. The van der Waals surface area contributed by atoms with Crippen molar-refractivity contribution in [1.29, 1.82) is 0 Å². The van der Waals surface area contributed by atoms with Crippen molar-refractivity contribution in [3.8, 4) is 0 Å². The number of halogens is 3. The first-order valence-electron chi connectivity index (χ1n) is 8.00. The van der Waals surface area contributed by atoms with Crippen LogP contribution in [0.15, 0.2) is 24.3 Å². The van der Waals surface area contributed by atoms with Crippen LogP contribution in [-0.2, 0) is 15.8 Å². The molecule has 24 heavy (non-hydrogen) atoms. The quantitative estimate of drug-likeness (QED) is 0.860. The fourth-order valence-corrected chi connectivity index (χ4v) is 3.73. The Kier molecular flexibility index (Phi) is 4.38. The minimum atomic E-state index is -4.61. The van der Waals surface area contributed by atoms with Crippen LogP contribution in [-0.4, -0.2) is 28.4 Å². The van der Waals surface area contributed by atoms with E-state index in [1.807, 2.05) is 0 Å². The first-order chi connectivity index (χ1) is 11.3. The van der Waals surface area contributed by atoms with Crippen LogP contribution in [0.25, 0.3) is 0 Å². The third-order valence-corrected chi connectivity index (χ3v) is 4.91. The maximum atomic E-state index is 13.1. The van der Waals surface area contributed by atoms with Gasteiger partial charge in [0.25, 0.3) is 0 Å². The second-order valence-corrected chi connectivity index (χ2v) is 6.39. The summed E-state index contributed by atoms with van der Waals surface area (Å²) in [5.41, 5.74) is -1.27. The Hall–Kier alpha value is -1.89. The lowest BCUT2D eigenvalue weighted by molar-refractivity contribution is -0.142. The molecular formula is C17H18F3NO3. The molecule has 130 valence electrons. The summed E-state index contributed by atoms with van der Waals surface area (Å²) >= 11 is 0. The Morgan fingerprint density at radius 3 is 2.17 bits per heavy atom. The van der Waals surface area contributed by atoms with Crippen LogP contribution >= 0.6 is 0 Å². The SMILES string of the molecule is O=C1[C@H]2CCCC[C@H]2C(=O)N1C[C@H](O)c1ccccc1C(F)(F)F. The van der Waals surface area contributed by atoms with Gasteiger partial charge in [-0.05, 0) is 24.5 Å². The van der Waals surface area contributed by atoms with Crippen molar-refractivity contribution in [2.24, 2.45) is 11.8 Å². The number of hydrogen-bond acceptors (Lipinski definition) is 3. The van der Waals surface area contributed by atoms with Crippen molar-refractivity contribution in [2.75, 3.05) is 6.54 Å². The monoisotopic (exact) mass is 341 g/mol. The number of benzene rings is 1. The van der Waals surface area contributed by atoms with Gasteiger partial charge in [-0.25, -0.2) is 0 Å². The minimum absolute atomic E-state index is 0.319. The average molecular weight is 341 g/mol. The molecule has 1 N–H and O–H groups in total. The van der Waals surface area contributed by atoms with Crippen molar-refractivity contribution in [1.82, 2.24) is 4.90 Å². The van der Waals surface area contributed by atoms with E-state index in [2.05, 4.69) is 0 Å². The highest BCUT2D eigenvalue weighted by Crippen LogP contribution is 2.40. The largest absolute Gasteiger partial charge is 0.416 e. The summed E-state index contributed by atoms with van der Waals surface area (Å²) < 4.78 is 39.2. The molecule has 3 rings (SSSR count). The zero-order chi connectivity index (χ0) is 17.5. The molecule has 4 nitrogen and oxygen atoms in total. The fourth-order valence-electron chi connectivity index (χ4n) is 3.73. The Balaban J connectivity index is 1.82. The summed E-state index contributed by atoms with van der Waals surface area (Å²) in [6, 6.07) is 4.68. The Morgan fingerprint density at radius 2 is 1.62 bits per heavy atom. The number of β-amino-alcohol motifs (C(OH)–C–C–N with tert-alkyl or cyclic N) is 1. The molecule has 1 aliphatic heterocycles. The lowest BCUT2D eigenvalue weighted by Gasteiger charge is -2.22. The number of rotatable bonds is 3. The van der Waals surface area contributed by atoms with Crippen molar-refractivity contribution in [3.63, 3.8) is 0 Å². The standard InChI is InChI=1S/C17H18F3NO3/c18-17(19,20)13-8-4-3-7-12(13)14(22)9-21-15(23)10-5-1-2-6-11(10)16(21)24/h3-4,7-8,10-11,14,22H,1-2,5-6,9H2/t10-,11+,14-/m0/s1. The number of nitrogens with zero attached hydrogens (tertiary/aromatic N) is 1. The van der Waals surface area contributed by atoms with Gasteiger partial charge in [-0.15, -0.1) is 0 Å². The molecule has 0 bridgehead atoms. The van der Waals surface area contributed by atoms with Crippen molar-refractivity contribution < 1.29 is 27.9 Å². The van der Waals surface area contributed by atoms with Gasteiger partial charge in [0.05, 0.1) is 30.0 Å². The van der Waals surface area contributed by atoms with Crippen molar-refractivity contribution >= 4 is 11.8 Å². The number of carbonyl (C=O) groups excluding carboxylic acids is 2. The smallest absolute Gasteiger partial charge is 0.387 e. The van der Waals surface area contributed by atoms with E-state index in [1.165, 1.54) is 18.2 Å². The predicted octanol–water partition coefficient (Wildman–Crippen LogP) is 2.91. The van der Waals surface area contributed by atoms with Gasteiger partial charge in [-0.3, -0.25) is 14.5 Å². The van der Waals surface area contributed by atoms with E-state index >= 15 is 0 Å². The number of fused-ring (bicyclic) bond motifs is 1. The van der Waals surface area contributed by atoms with Crippen LogP contribution in [0.5, 0.6) is 0 Å². The van der Waals surface area contributed by atoms with Crippen LogP contribution in [0.4, 0.5) is 13.2 Å². The number of hydrogen-bond donors (Lipinski definition) is 1. The molecule has 1 aliphatic carbocycles. The van der Waals surface area contributed by atoms with Crippen LogP contribution < -0.4 is 0 Å². The van der Waals surface area contributed by atoms with Crippen LogP contribution in [0.1, 0.15) is 42.9 Å². The summed E-state index contributed by atoms with van der Waals surface area (Å²) in [6.07, 6.45) is -3.18. The minimum Gasteiger partial charge on any atom is -0.387 e. The first kappa shape index (κ1) is 17.0. The number of likely N-dealkylation sites (tertiary alicyclic amines) is 1. The van der Waals surface area contributed by atoms with E-state index in [1.54, 1.807) is 0 Å². The van der Waals surface area contributed by atoms with Gasteiger partial charge in [0.15, 0.2) is 0 Å². The fraction of sp³-hybridized carbons (Fsp3) is 0.529. The first-order valence-corrected chi connectivity index (χ1v) is 8.00. The topological polar surface area (TPSA) is 57.6 Å². The molecule has 1 saturated heterocycles. The molecule has 2 fully saturated rings. The molecular weight excluding hydrogens is 323 g/mol. The van der Waals surface area contributed by atoms with Gasteiger partial charge >= 0.3 is 6.18 Å². The van der Waals surface area contributed by atoms with Crippen LogP contribution in [0.3, 0.4) is 0 Å². The Morgan fingerprint density at radius 1 is 1.08 bits per heavy atom. The molecule has 2 aliphatic rings. The number of alkyl halides is 3. The average Bonchev–Trinajstić information content (AvgIpc) is 2.79. The van der Waals surface area contributed by atoms with E-state index in [0.29, 0.717) is 12.8 Å². The van der Waals surface area contributed by atoms with Gasteiger partial charge in [0, 0.05) is 0 Å². The van der Waals surface area contributed by atoms with Gasteiger partial charge in [-0.2, -0.15) is 13.2 Å². The van der Waals surface area contributed by atoms with E-state index in [0.717, 1.165) is 23.8 Å². The summed E-state index contributed by atoms with van der Waals surface area (Å²) in [5, 5.41) is 10.2. The second-order valence-electron chi connectivity index (χ2n) is 6.39. The molecule has 1 aromatic carbocycles. The zero-order valence-electron chi connectivity index (χ0n) is 12.9. The highest BCUT2D eigenvalue weighted by Gasteiger charge is 2.48. The van der Waals surface area contributed by atoms with E-state index in [-0.39, 0.29) is 29.2 Å². The summed E-state index contributed by atoms with van der Waals surface area (Å²) in [5.74, 6) is -1.49. The molecule has 0 unspecified atom stereocenters. The van der Waals surface area contributed by atoms with E-state index in [9.17, 15) is 27.9 Å². The number of imide groups is 1. The summed E-state index contributed by atoms with van der Waals surface area (Å²) in [7, 11) is 0. The van der Waals surface area contributed by atoms with E-state index < -0.39 is 24.4 Å². The van der Waals surface area contributed by atoms with Crippen LogP contribution in [0.2, 0.25) is 0 Å². The van der Waals surface area contributed by atoms with Crippen molar-refractivity contribution in [2.45, 2.75) is 38.0 Å². The van der Waals surface area contributed by atoms with Gasteiger partial charge in [0.1, 0.15) is 0 Å². The maximum Gasteiger partial charge on any atom is 0.416 e. The molecule has 3 atom stereocenters. The number of carbonyl (C=O) groups is 2. The molecule has 1 aromatic rings. The lowest BCUT2D eigenvalue weighted by Crippen LogP contribution is -2.35. The highest BCUT2D eigenvalue weighted by atomic mass is 19.4. The van der Waals surface area contributed by atoms with Gasteiger partial charge < -0.3 is 5.11 Å². The third-order valence-electron chi connectivity index (χ3n) is 4.91. The summed E-state index contributed by atoms with van der Waals surface area (Å²) in [6.45, 7) is -0.433. The Labute approximate surface area is 137 Å². The zero-order valence-corrected chi connectivity index (χ0v) is 12.9. The predicted molar refractivity (Wildman–Crippen MR) is 78.6 cm³/mol. The second kappa shape index (κ2) is 6.20. The molecule has 2 amide bonds. The van der Waals surface area contributed by atoms with E-state index in [4.69, 9.17) is 0 Å². The van der Waals surface area contributed by atoms with Crippen molar-refractivity contribution in [3.05, 3.63) is 35.4 Å². The molecule has 1 saturated carbocycles. The molecule has 1 heterocycles. The molecule has 0 spiro atoms. The van der Waals surface area contributed by atoms with Gasteiger partial charge in [0.2, 0.25) is 11.8 Å². The normalized spacial score (nSPS) is 25.8. The van der Waals surface area contributed by atoms with Crippen LogP contribution in [0, 0.1) is 11.8 Å². The van der Waals surface area contributed by atoms with Gasteiger partial charge in [-0.1, -0.05) is 31.0 Å². The lowest BCUT2D eigenvalue weighted by atomic mass is 9.81. The number of amides is 2. The number of aliphatic hydroxyl groups excluding tert-OH is 1. The Bertz CT molecular complexity index is 635. The summed E-state index contributed by atoms with van der Waals surface area (Å²) in [4.78, 5) is 25.7. The number of aliphatic hydroxyl groups is 1. The molecule has 0 radical (unpaired) electrons. The highest BCUT2D eigenvalue weighted by molar-refractivity contribution is 6.05. The third kappa shape index (κ3) is 2.92. The molecule has 7 heteroatoms. The molecule has 0 aromatic heterocycles.